The number of aryl methyl sites for hydroxylation is 1. The molecule has 0 saturated heterocycles. The Kier molecular flexibility index (Phi) is 3.11. The molecule has 0 aromatic carbocycles. The Morgan fingerprint density at radius 1 is 0.957 bits per heavy atom. The standard InChI is InChI=1S/C19H18N4/c1-12(2)16-6-4-13(10-21-16)17-7-5-14-15-11-20-9-8-18(15)23(3)19(14)22-17/h4-12H,1-3H3. The second kappa shape index (κ2) is 5.16. The summed E-state index contributed by atoms with van der Waals surface area (Å²) in [6.45, 7) is 4.30. The molecule has 0 aliphatic carbocycles. The van der Waals surface area contributed by atoms with Crippen LogP contribution < -0.4 is 0 Å². The van der Waals surface area contributed by atoms with Gasteiger partial charge in [-0.3, -0.25) is 9.97 Å². The highest BCUT2D eigenvalue weighted by molar-refractivity contribution is 6.06. The van der Waals surface area contributed by atoms with E-state index in [-0.39, 0.29) is 0 Å². The molecule has 0 unspecified atom stereocenters. The van der Waals surface area contributed by atoms with Gasteiger partial charge in [0.2, 0.25) is 0 Å². The van der Waals surface area contributed by atoms with Gasteiger partial charge in [0.25, 0.3) is 0 Å². The highest BCUT2D eigenvalue weighted by atomic mass is 15.0. The minimum atomic E-state index is 0.435. The second-order valence-corrected chi connectivity index (χ2v) is 6.15. The van der Waals surface area contributed by atoms with E-state index >= 15 is 0 Å². The molecule has 4 aromatic rings. The number of hydrogen-bond acceptors (Lipinski definition) is 3. The van der Waals surface area contributed by atoms with Gasteiger partial charge in [-0.15, -0.1) is 0 Å². The third kappa shape index (κ3) is 2.18. The third-order valence-electron chi connectivity index (χ3n) is 4.32. The van der Waals surface area contributed by atoms with Crippen LogP contribution in [-0.2, 0) is 7.05 Å². The van der Waals surface area contributed by atoms with Crippen LogP contribution in [0.15, 0.2) is 48.9 Å². The Morgan fingerprint density at radius 3 is 2.57 bits per heavy atom. The fourth-order valence-electron chi connectivity index (χ4n) is 2.97. The zero-order valence-electron chi connectivity index (χ0n) is 13.5. The van der Waals surface area contributed by atoms with Crippen molar-refractivity contribution in [1.82, 2.24) is 19.5 Å². The normalized spacial score (nSPS) is 11.7. The quantitative estimate of drug-likeness (QED) is 0.554. The smallest absolute Gasteiger partial charge is 0.141 e. The molecule has 0 radical (unpaired) electrons. The van der Waals surface area contributed by atoms with Crippen molar-refractivity contribution in [1.29, 1.82) is 0 Å². The molecule has 0 N–H and O–H groups in total. The highest BCUT2D eigenvalue weighted by Crippen LogP contribution is 2.28. The van der Waals surface area contributed by atoms with Gasteiger partial charge in [-0.2, -0.15) is 0 Å². The predicted octanol–water partition coefficient (Wildman–Crippen LogP) is 4.31. The summed E-state index contributed by atoms with van der Waals surface area (Å²) in [5.74, 6) is 0.435. The fourth-order valence-corrected chi connectivity index (χ4v) is 2.97. The predicted molar refractivity (Wildman–Crippen MR) is 93.3 cm³/mol. The molecule has 0 bridgehead atoms. The number of aromatic nitrogens is 4. The van der Waals surface area contributed by atoms with E-state index in [0.29, 0.717) is 5.92 Å². The zero-order valence-corrected chi connectivity index (χ0v) is 13.5. The van der Waals surface area contributed by atoms with Crippen molar-refractivity contribution in [3.8, 4) is 11.3 Å². The molecule has 0 atom stereocenters. The Bertz CT molecular complexity index is 997. The van der Waals surface area contributed by atoms with E-state index in [1.165, 1.54) is 0 Å². The topological polar surface area (TPSA) is 43.6 Å². The van der Waals surface area contributed by atoms with Gasteiger partial charge < -0.3 is 4.57 Å². The first kappa shape index (κ1) is 13.9. The van der Waals surface area contributed by atoms with Crippen molar-refractivity contribution in [3.05, 3.63) is 54.6 Å². The van der Waals surface area contributed by atoms with Crippen molar-refractivity contribution < 1.29 is 0 Å². The molecule has 4 heteroatoms. The van der Waals surface area contributed by atoms with Crippen LogP contribution in [-0.4, -0.2) is 19.5 Å². The van der Waals surface area contributed by atoms with Crippen LogP contribution in [0.3, 0.4) is 0 Å². The van der Waals surface area contributed by atoms with E-state index in [1.807, 2.05) is 31.7 Å². The molecule has 0 saturated carbocycles. The third-order valence-corrected chi connectivity index (χ3v) is 4.32. The van der Waals surface area contributed by atoms with Gasteiger partial charge in [-0.05, 0) is 36.2 Å². The summed E-state index contributed by atoms with van der Waals surface area (Å²) >= 11 is 0. The van der Waals surface area contributed by atoms with E-state index in [1.54, 1.807) is 0 Å². The van der Waals surface area contributed by atoms with Gasteiger partial charge in [0.1, 0.15) is 5.65 Å². The van der Waals surface area contributed by atoms with Gasteiger partial charge in [-0.1, -0.05) is 13.8 Å². The monoisotopic (exact) mass is 302 g/mol. The van der Waals surface area contributed by atoms with E-state index in [2.05, 4.69) is 52.6 Å². The van der Waals surface area contributed by atoms with Crippen LogP contribution in [0.25, 0.3) is 33.2 Å². The lowest BCUT2D eigenvalue weighted by Gasteiger charge is -2.06. The van der Waals surface area contributed by atoms with Crippen LogP contribution in [0.2, 0.25) is 0 Å². The molecule has 0 spiro atoms. The average molecular weight is 302 g/mol. The summed E-state index contributed by atoms with van der Waals surface area (Å²) in [5.41, 5.74) is 5.20. The lowest BCUT2D eigenvalue weighted by Crippen LogP contribution is -1.94. The Balaban J connectivity index is 1.88. The van der Waals surface area contributed by atoms with Crippen LogP contribution in [0, 0.1) is 0 Å². The molecule has 4 aromatic heterocycles. The van der Waals surface area contributed by atoms with Crippen molar-refractivity contribution in [2.24, 2.45) is 7.05 Å². The molecule has 114 valence electrons. The van der Waals surface area contributed by atoms with Gasteiger partial charge >= 0.3 is 0 Å². The van der Waals surface area contributed by atoms with E-state index in [9.17, 15) is 0 Å². The van der Waals surface area contributed by atoms with Crippen LogP contribution >= 0.6 is 0 Å². The van der Waals surface area contributed by atoms with E-state index in [0.717, 1.165) is 38.9 Å². The van der Waals surface area contributed by atoms with Gasteiger partial charge in [0, 0.05) is 47.7 Å². The molecule has 0 aliphatic heterocycles. The number of hydrogen-bond donors (Lipinski definition) is 0. The first-order valence-corrected chi connectivity index (χ1v) is 7.80. The summed E-state index contributed by atoms with van der Waals surface area (Å²) in [6, 6.07) is 10.4. The summed E-state index contributed by atoms with van der Waals surface area (Å²) in [5, 5.41) is 2.27. The van der Waals surface area contributed by atoms with Crippen molar-refractivity contribution >= 4 is 21.9 Å². The van der Waals surface area contributed by atoms with E-state index < -0.39 is 0 Å². The molecule has 4 heterocycles. The number of nitrogens with zero attached hydrogens (tertiary/aromatic N) is 4. The molecule has 0 amide bonds. The molecule has 0 aliphatic rings. The van der Waals surface area contributed by atoms with Gasteiger partial charge in [-0.25, -0.2) is 4.98 Å². The first-order chi connectivity index (χ1) is 11.1. The van der Waals surface area contributed by atoms with Crippen molar-refractivity contribution in [3.63, 3.8) is 0 Å². The second-order valence-electron chi connectivity index (χ2n) is 6.15. The highest BCUT2D eigenvalue weighted by Gasteiger charge is 2.11. The minimum absolute atomic E-state index is 0.435. The number of fused-ring (bicyclic) bond motifs is 3. The van der Waals surface area contributed by atoms with Crippen molar-refractivity contribution in [2.45, 2.75) is 19.8 Å². The SMILES string of the molecule is CC(C)c1ccc(-c2ccc3c4cnccc4n(C)c3n2)cn1. The summed E-state index contributed by atoms with van der Waals surface area (Å²) in [7, 11) is 2.04. The lowest BCUT2D eigenvalue weighted by molar-refractivity contribution is 0.823. The molecule has 4 rings (SSSR count). The summed E-state index contributed by atoms with van der Waals surface area (Å²) in [6.07, 6.45) is 5.63. The largest absolute Gasteiger partial charge is 0.328 e. The fraction of sp³-hybridized carbons (Fsp3) is 0.211. The average Bonchev–Trinajstić information content (AvgIpc) is 2.88. The zero-order chi connectivity index (χ0) is 16.0. The Labute approximate surface area is 134 Å². The van der Waals surface area contributed by atoms with Gasteiger partial charge in [0.15, 0.2) is 0 Å². The van der Waals surface area contributed by atoms with Crippen LogP contribution in [0.4, 0.5) is 0 Å². The van der Waals surface area contributed by atoms with Crippen LogP contribution in [0.1, 0.15) is 25.5 Å². The number of pyridine rings is 3. The maximum atomic E-state index is 4.85. The van der Waals surface area contributed by atoms with Crippen molar-refractivity contribution in [2.75, 3.05) is 0 Å². The van der Waals surface area contributed by atoms with E-state index in [4.69, 9.17) is 4.98 Å². The maximum Gasteiger partial charge on any atom is 0.141 e. The summed E-state index contributed by atoms with van der Waals surface area (Å²) < 4.78 is 2.12. The first-order valence-electron chi connectivity index (χ1n) is 7.80. The molecular formula is C19H18N4. The van der Waals surface area contributed by atoms with Gasteiger partial charge in [0.05, 0.1) is 11.2 Å². The molecular weight excluding hydrogens is 284 g/mol. The minimum Gasteiger partial charge on any atom is -0.328 e. The maximum absolute atomic E-state index is 4.85. The Hall–Kier alpha value is -2.75. The summed E-state index contributed by atoms with van der Waals surface area (Å²) in [4.78, 5) is 13.6. The van der Waals surface area contributed by atoms with Crippen LogP contribution in [0.5, 0.6) is 0 Å². The molecule has 0 fully saturated rings. The number of rotatable bonds is 2. The molecule has 4 nitrogen and oxygen atoms in total. The lowest BCUT2D eigenvalue weighted by atomic mass is 10.1. The Morgan fingerprint density at radius 2 is 1.83 bits per heavy atom. The molecule has 23 heavy (non-hydrogen) atoms.